The van der Waals surface area contributed by atoms with E-state index in [0.29, 0.717) is 33.4 Å². The molecular weight excluding hydrogens is 609 g/mol. The van der Waals surface area contributed by atoms with Gasteiger partial charge in [0.05, 0.1) is 11.0 Å². The molecule has 9 aromatic carbocycles. The van der Waals surface area contributed by atoms with E-state index in [2.05, 4.69) is 0 Å². The molecule has 0 amide bonds. The highest BCUT2D eigenvalue weighted by Crippen LogP contribution is 2.48. The minimum Gasteiger partial charge on any atom is -0.456 e. The van der Waals surface area contributed by atoms with Crippen molar-refractivity contribution in [2.45, 2.75) is 0 Å². The first-order valence-electron chi connectivity index (χ1n) is 20.4. The van der Waals surface area contributed by atoms with Crippen molar-refractivity contribution >= 4 is 76.2 Å². The van der Waals surface area contributed by atoms with Crippen LogP contribution in [-0.2, 0) is 0 Å². The van der Waals surface area contributed by atoms with Crippen molar-refractivity contribution in [3.63, 3.8) is 0 Å². The molecule has 0 saturated carbocycles. The summed E-state index contributed by atoms with van der Waals surface area (Å²) in [4.78, 5) is 0. The Morgan fingerprint density at radius 1 is 0.380 bits per heavy atom. The smallest absolute Gasteiger partial charge is 0.143 e. The monoisotopic (exact) mass is 644 g/mol. The van der Waals surface area contributed by atoms with Crippen LogP contribution in [0.25, 0.3) is 110 Å². The topological polar surface area (TPSA) is 26.3 Å². The van der Waals surface area contributed by atoms with Crippen molar-refractivity contribution in [2.75, 3.05) is 0 Å². The van der Waals surface area contributed by atoms with E-state index >= 15 is 0 Å². The number of fused-ring (bicyclic) bond motifs is 10. The van der Waals surface area contributed by atoms with Crippen LogP contribution in [0.1, 0.15) is 11.0 Å². The van der Waals surface area contributed by atoms with Gasteiger partial charge in [-0.05, 0) is 78.8 Å². The van der Waals surface area contributed by atoms with E-state index in [4.69, 9.17) is 14.3 Å². The van der Waals surface area contributed by atoms with Gasteiger partial charge in [0.1, 0.15) is 22.3 Å². The molecule has 0 bridgehead atoms. The fourth-order valence-electron chi connectivity index (χ4n) is 7.78. The Labute approximate surface area is 298 Å². The zero-order valence-corrected chi connectivity index (χ0v) is 26.4. The van der Waals surface area contributed by atoms with Gasteiger partial charge in [0.2, 0.25) is 0 Å². The maximum Gasteiger partial charge on any atom is 0.143 e. The third-order valence-electron chi connectivity index (χ3n) is 9.90. The number of para-hydroxylation sites is 2. The molecule has 2 heteroatoms. The average Bonchev–Trinajstić information content (AvgIpc) is 3.83. The Morgan fingerprint density at radius 3 is 1.78 bits per heavy atom. The van der Waals surface area contributed by atoms with Gasteiger partial charge in [0.25, 0.3) is 0 Å². The number of benzene rings is 9. The zero-order valence-electron chi connectivity index (χ0n) is 34.4. The third kappa shape index (κ3) is 3.85. The van der Waals surface area contributed by atoms with Crippen molar-refractivity contribution in [1.29, 1.82) is 0 Å². The minimum atomic E-state index is -0.460. The lowest BCUT2D eigenvalue weighted by Crippen LogP contribution is -1.91. The molecular formula is C48H28O2. The molecule has 0 unspecified atom stereocenters. The fraction of sp³-hybridized carbons (Fsp3) is 0. The maximum atomic E-state index is 9.52. The zero-order chi connectivity index (χ0) is 39.7. The summed E-state index contributed by atoms with van der Waals surface area (Å²) in [5, 5.41) is 5.66. The van der Waals surface area contributed by atoms with Crippen LogP contribution >= 0.6 is 0 Å². The molecule has 11 rings (SSSR count). The fourth-order valence-corrected chi connectivity index (χ4v) is 7.78. The molecule has 0 aliphatic rings. The van der Waals surface area contributed by atoms with Crippen LogP contribution in [0.5, 0.6) is 0 Å². The highest BCUT2D eigenvalue weighted by molar-refractivity contribution is 6.29. The molecule has 2 nitrogen and oxygen atoms in total. The summed E-state index contributed by atoms with van der Waals surface area (Å²) in [5.74, 6) is 0. The SMILES string of the molecule is [2H]c1c([2H])c([2H])c2c(-c3cccc4c3oc3ccc5oc6ccccc6c5c34)c3c([2H])c([2H])c([2H])c([2H])c3c(-c3ccc4cccc(-c5ccccc5)c4c3)c2c1[2H]. The van der Waals surface area contributed by atoms with E-state index < -0.39 is 24.2 Å². The molecule has 0 spiro atoms. The minimum absolute atomic E-state index is 0.127. The van der Waals surface area contributed by atoms with Crippen LogP contribution < -0.4 is 0 Å². The van der Waals surface area contributed by atoms with Gasteiger partial charge in [-0.25, -0.2) is 0 Å². The molecule has 50 heavy (non-hydrogen) atoms. The number of rotatable bonds is 3. The second-order valence-corrected chi connectivity index (χ2v) is 12.6. The molecule has 2 heterocycles. The van der Waals surface area contributed by atoms with Gasteiger partial charge < -0.3 is 8.83 Å². The quantitative estimate of drug-likeness (QED) is 0.179. The Bertz CT molecular complexity index is 3530. The summed E-state index contributed by atoms with van der Waals surface area (Å²) in [5.41, 5.74) is 5.81. The van der Waals surface area contributed by atoms with Gasteiger partial charge >= 0.3 is 0 Å². The number of furan rings is 2. The van der Waals surface area contributed by atoms with Crippen LogP contribution in [0.3, 0.4) is 0 Å². The van der Waals surface area contributed by atoms with Gasteiger partial charge in [-0.3, -0.25) is 0 Å². The lowest BCUT2D eigenvalue weighted by atomic mass is 9.85. The van der Waals surface area contributed by atoms with Crippen molar-refractivity contribution in [3.8, 4) is 33.4 Å². The van der Waals surface area contributed by atoms with Gasteiger partial charge in [-0.1, -0.05) is 145 Å². The number of hydrogen-bond acceptors (Lipinski definition) is 2. The average molecular weight is 645 g/mol. The molecule has 0 N–H and O–H groups in total. The number of hydrogen-bond donors (Lipinski definition) is 0. The molecule has 232 valence electrons. The van der Waals surface area contributed by atoms with Crippen LogP contribution in [0.15, 0.2) is 179 Å². The summed E-state index contributed by atoms with van der Waals surface area (Å²) >= 11 is 0. The predicted molar refractivity (Wildman–Crippen MR) is 210 cm³/mol. The van der Waals surface area contributed by atoms with Crippen LogP contribution in [0.4, 0.5) is 0 Å². The van der Waals surface area contributed by atoms with E-state index in [9.17, 15) is 5.48 Å². The second kappa shape index (κ2) is 10.4. The predicted octanol–water partition coefficient (Wildman–Crippen LogP) is 13.9. The molecule has 11 aromatic rings. The lowest BCUT2D eigenvalue weighted by molar-refractivity contribution is 0.663. The van der Waals surface area contributed by atoms with E-state index in [0.717, 1.165) is 49.0 Å². The first-order valence-corrected chi connectivity index (χ1v) is 16.4. The maximum absolute atomic E-state index is 9.52. The van der Waals surface area contributed by atoms with Crippen molar-refractivity contribution < 1.29 is 19.8 Å². The van der Waals surface area contributed by atoms with E-state index in [1.165, 1.54) is 0 Å². The molecule has 0 atom stereocenters. The Kier molecular flexibility index (Phi) is 4.31. The first-order chi connectivity index (χ1) is 28.1. The molecule has 0 radical (unpaired) electrons. The highest BCUT2D eigenvalue weighted by atomic mass is 16.3. The molecule has 0 aliphatic carbocycles. The standard InChI is InChI=1S/C48H28O2/c1-2-12-29(13-3-1)32-20-10-14-30-24-25-31(28-40(30)32)44-33-15-4-6-17-35(33)45(36-18-7-5-16-34(36)44)38-21-11-22-39-47-43(50-48(38)39)27-26-42-46(47)37-19-8-9-23-41(37)49-42/h1-28H/i4D,5D,6D,7D,15D,16D,17D,18D. The normalized spacial score (nSPS) is 14.2. The van der Waals surface area contributed by atoms with Crippen LogP contribution in [0.2, 0.25) is 0 Å². The van der Waals surface area contributed by atoms with E-state index in [-0.39, 0.29) is 51.3 Å². The summed E-state index contributed by atoms with van der Waals surface area (Å²) < 4.78 is 86.6. The Hall–Kier alpha value is -6.64. The third-order valence-corrected chi connectivity index (χ3v) is 9.90. The van der Waals surface area contributed by atoms with Crippen molar-refractivity contribution in [1.82, 2.24) is 0 Å². The highest BCUT2D eigenvalue weighted by Gasteiger charge is 2.22. The summed E-state index contributed by atoms with van der Waals surface area (Å²) in [7, 11) is 0. The van der Waals surface area contributed by atoms with Crippen molar-refractivity contribution in [3.05, 3.63) is 170 Å². The summed E-state index contributed by atoms with van der Waals surface area (Å²) in [6.45, 7) is 0. The van der Waals surface area contributed by atoms with Gasteiger partial charge in [0, 0.05) is 32.7 Å². The van der Waals surface area contributed by atoms with Crippen molar-refractivity contribution in [2.24, 2.45) is 0 Å². The van der Waals surface area contributed by atoms with E-state index in [1.54, 1.807) is 6.07 Å². The largest absolute Gasteiger partial charge is 0.456 e. The van der Waals surface area contributed by atoms with Crippen LogP contribution in [-0.4, -0.2) is 0 Å². The second-order valence-electron chi connectivity index (χ2n) is 12.6. The summed E-state index contributed by atoms with van der Waals surface area (Å²) in [6.07, 6.45) is 0. The van der Waals surface area contributed by atoms with Gasteiger partial charge in [-0.15, -0.1) is 0 Å². The first kappa shape index (κ1) is 20.7. The molecule has 0 saturated heterocycles. The van der Waals surface area contributed by atoms with E-state index in [1.807, 2.05) is 115 Å². The lowest BCUT2D eigenvalue weighted by Gasteiger charge is -2.18. The molecule has 0 aliphatic heterocycles. The Morgan fingerprint density at radius 2 is 1.00 bits per heavy atom. The summed E-state index contributed by atoms with van der Waals surface area (Å²) in [6, 6.07) is 35.6. The Balaban J connectivity index is 1.35. The van der Waals surface area contributed by atoms with Crippen LogP contribution in [0, 0.1) is 0 Å². The van der Waals surface area contributed by atoms with Gasteiger partial charge in [0.15, 0.2) is 0 Å². The molecule has 2 aromatic heterocycles. The van der Waals surface area contributed by atoms with Gasteiger partial charge in [-0.2, -0.15) is 0 Å². The molecule has 0 fully saturated rings.